The van der Waals surface area contributed by atoms with Crippen molar-refractivity contribution in [2.24, 2.45) is 4.99 Å². The van der Waals surface area contributed by atoms with Crippen LogP contribution in [0.1, 0.15) is 11.5 Å². The van der Waals surface area contributed by atoms with E-state index >= 15 is 0 Å². The lowest BCUT2D eigenvalue weighted by molar-refractivity contribution is -0.122. The van der Waals surface area contributed by atoms with E-state index in [1.54, 1.807) is 11.2 Å². The Balaban J connectivity index is 1.51. The largest absolute Gasteiger partial charge is 0.467 e. The number of amides is 1. The summed E-state index contributed by atoms with van der Waals surface area (Å²) in [6, 6.07) is 27.4. The highest BCUT2D eigenvalue weighted by Crippen LogP contribution is 2.35. The van der Waals surface area contributed by atoms with Crippen LogP contribution >= 0.6 is 11.8 Å². The molecule has 0 N–H and O–H groups in total. The Labute approximate surface area is 184 Å². The minimum absolute atomic E-state index is 0.0862. The van der Waals surface area contributed by atoms with E-state index in [0.29, 0.717) is 22.4 Å². The number of benzene rings is 2. The summed E-state index contributed by atoms with van der Waals surface area (Å²) in [4.78, 5) is 20.3. The minimum atomic E-state index is -0.0862. The molecule has 1 saturated heterocycles. The third-order valence-corrected chi connectivity index (χ3v) is 5.86. The van der Waals surface area contributed by atoms with Gasteiger partial charge in [-0.05, 0) is 66.4 Å². The van der Waals surface area contributed by atoms with Gasteiger partial charge in [0.15, 0.2) is 5.17 Å². The van der Waals surface area contributed by atoms with Gasteiger partial charge >= 0.3 is 0 Å². The Morgan fingerprint density at radius 3 is 2.42 bits per heavy atom. The monoisotopic (exact) mass is 425 g/mol. The van der Waals surface area contributed by atoms with Gasteiger partial charge in [-0.25, -0.2) is 4.99 Å². The van der Waals surface area contributed by atoms with E-state index in [0.717, 1.165) is 17.1 Å². The molecular formula is C25H19N3O2S. The predicted octanol–water partition coefficient (Wildman–Crippen LogP) is 5.87. The first-order valence-corrected chi connectivity index (χ1v) is 10.7. The summed E-state index contributed by atoms with van der Waals surface area (Å²) >= 11 is 1.38. The highest BCUT2D eigenvalue weighted by atomic mass is 32.2. The molecule has 0 atom stereocenters. The van der Waals surface area contributed by atoms with Gasteiger partial charge in [-0.15, -0.1) is 0 Å². The molecule has 1 amide bonds. The lowest BCUT2D eigenvalue weighted by Gasteiger charge is -2.13. The van der Waals surface area contributed by atoms with Gasteiger partial charge < -0.3 is 8.98 Å². The van der Waals surface area contributed by atoms with E-state index in [4.69, 9.17) is 9.41 Å². The van der Waals surface area contributed by atoms with E-state index in [1.165, 1.54) is 11.8 Å². The summed E-state index contributed by atoms with van der Waals surface area (Å²) in [5.41, 5.74) is 2.78. The van der Waals surface area contributed by atoms with E-state index in [2.05, 4.69) is 4.57 Å². The molecule has 5 rings (SSSR count). The Morgan fingerprint density at radius 2 is 1.68 bits per heavy atom. The molecule has 0 aliphatic carbocycles. The predicted molar refractivity (Wildman–Crippen MR) is 124 cm³/mol. The van der Waals surface area contributed by atoms with Crippen molar-refractivity contribution in [2.45, 2.75) is 6.54 Å². The van der Waals surface area contributed by atoms with Gasteiger partial charge in [-0.3, -0.25) is 9.69 Å². The van der Waals surface area contributed by atoms with Crippen molar-refractivity contribution in [1.29, 1.82) is 0 Å². The van der Waals surface area contributed by atoms with E-state index in [9.17, 15) is 4.79 Å². The summed E-state index contributed by atoms with van der Waals surface area (Å²) in [6.45, 7) is 0.335. The summed E-state index contributed by atoms with van der Waals surface area (Å²) in [5.74, 6) is 0.625. The number of para-hydroxylation sites is 2. The van der Waals surface area contributed by atoms with Gasteiger partial charge in [0, 0.05) is 17.6 Å². The normalized spacial score (nSPS) is 16.5. The van der Waals surface area contributed by atoms with E-state index in [-0.39, 0.29) is 5.91 Å². The zero-order valence-electron chi connectivity index (χ0n) is 16.6. The number of hydrogen-bond donors (Lipinski definition) is 0. The number of carbonyl (C=O) groups excluding carboxylic acids is 1. The minimum Gasteiger partial charge on any atom is -0.467 e. The van der Waals surface area contributed by atoms with E-state index in [1.807, 2.05) is 97.2 Å². The molecule has 31 heavy (non-hydrogen) atoms. The molecule has 3 heterocycles. The van der Waals surface area contributed by atoms with Gasteiger partial charge in [-0.1, -0.05) is 36.4 Å². The first kappa shape index (κ1) is 19.2. The van der Waals surface area contributed by atoms with Crippen LogP contribution in [0.5, 0.6) is 0 Å². The second-order valence-electron chi connectivity index (χ2n) is 6.95. The molecule has 1 aliphatic heterocycles. The second kappa shape index (κ2) is 8.53. The fourth-order valence-corrected chi connectivity index (χ4v) is 4.35. The second-order valence-corrected chi connectivity index (χ2v) is 7.96. The van der Waals surface area contributed by atoms with Crippen LogP contribution in [-0.2, 0) is 11.3 Å². The molecule has 0 unspecified atom stereocenters. The number of carbonyl (C=O) groups is 1. The lowest BCUT2D eigenvalue weighted by Crippen LogP contribution is -2.28. The molecule has 1 aliphatic rings. The van der Waals surface area contributed by atoms with Crippen LogP contribution in [-0.4, -0.2) is 20.5 Å². The third kappa shape index (κ3) is 4.11. The van der Waals surface area contributed by atoms with Crippen LogP contribution in [0.3, 0.4) is 0 Å². The molecule has 6 heteroatoms. The number of rotatable bonds is 5. The molecule has 1 fully saturated rings. The molecule has 4 aromatic rings. The summed E-state index contributed by atoms with van der Waals surface area (Å²) in [5, 5.41) is 0.636. The number of nitrogens with zero attached hydrogens (tertiary/aromatic N) is 3. The van der Waals surface area contributed by atoms with Crippen molar-refractivity contribution in [2.75, 3.05) is 0 Å². The van der Waals surface area contributed by atoms with Crippen molar-refractivity contribution >= 4 is 34.6 Å². The number of amidine groups is 1. The van der Waals surface area contributed by atoms with Crippen LogP contribution in [0.25, 0.3) is 11.8 Å². The maximum absolute atomic E-state index is 13.3. The average molecular weight is 426 g/mol. The first-order valence-electron chi connectivity index (χ1n) is 9.88. The molecule has 0 saturated carbocycles. The lowest BCUT2D eigenvalue weighted by atomic mass is 10.3. The average Bonchev–Trinajstić information content (AvgIpc) is 3.54. The maximum Gasteiger partial charge on any atom is 0.267 e. The molecule has 0 spiro atoms. The molecular weight excluding hydrogens is 406 g/mol. The van der Waals surface area contributed by atoms with Crippen LogP contribution in [0.4, 0.5) is 5.69 Å². The number of thioether (sulfide) groups is 1. The fraction of sp³-hybridized carbons (Fsp3) is 0.0400. The quantitative estimate of drug-likeness (QED) is 0.376. The Hall–Kier alpha value is -3.77. The summed E-state index contributed by atoms with van der Waals surface area (Å²) in [7, 11) is 0. The van der Waals surface area contributed by atoms with Crippen LogP contribution in [0.2, 0.25) is 0 Å². The molecule has 152 valence electrons. The van der Waals surface area contributed by atoms with Crippen molar-refractivity contribution in [3.8, 4) is 5.69 Å². The standard InChI is InChI=1S/C25H19N3O2S/c29-24-23(17-21-13-7-15-27(21)20-11-5-2-6-12-20)31-25(26-19-9-3-1-4-10-19)28(24)18-22-14-8-16-30-22/h1-17H,18H2/b23-17-,26-25?. The van der Waals surface area contributed by atoms with Crippen molar-refractivity contribution in [3.63, 3.8) is 0 Å². The SMILES string of the molecule is O=C1/C(=C/c2cccn2-c2ccccc2)SC(=Nc2ccccc2)N1Cc1ccco1. The molecule has 5 nitrogen and oxygen atoms in total. The smallest absolute Gasteiger partial charge is 0.267 e. The van der Waals surface area contributed by atoms with Crippen LogP contribution < -0.4 is 0 Å². The zero-order chi connectivity index (χ0) is 21.0. The summed E-state index contributed by atoms with van der Waals surface area (Å²) in [6.07, 6.45) is 5.52. The van der Waals surface area contributed by atoms with Gasteiger partial charge in [0.05, 0.1) is 23.4 Å². The zero-order valence-corrected chi connectivity index (χ0v) is 17.4. The third-order valence-electron chi connectivity index (χ3n) is 4.86. The highest BCUT2D eigenvalue weighted by Gasteiger charge is 2.34. The Bertz CT molecular complexity index is 1240. The number of aromatic nitrogens is 1. The topological polar surface area (TPSA) is 50.7 Å². The maximum atomic E-state index is 13.3. The van der Waals surface area contributed by atoms with Gasteiger partial charge in [0.2, 0.25) is 0 Å². The Morgan fingerprint density at radius 1 is 0.903 bits per heavy atom. The number of furan rings is 1. The van der Waals surface area contributed by atoms with Crippen molar-refractivity contribution in [1.82, 2.24) is 9.47 Å². The fourth-order valence-electron chi connectivity index (χ4n) is 3.37. The number of aliphatic imine (C=N–C) groups is 1. The van der Waals surface area contributed by atoms with E-state index < -0.39 is 0 Å². The molecule has 0 bridgehead atoms. The summed E-state index contributed by atoms with van der Waals surface area (Å²) < 4.78 is 7.54. The van der Waals surface area contributed by atoms with Crippen molar-refractivity contribution in [3.05, 3.63) is 114 Å². The van der Waals surface area contributed by atoms with Gasteiger partial charge in [0.25, 0.3) is 5.91 Å². The van der Waals surface area contributed by atoms with Crippen molar-refractivity contribution < 1.29 is 9.21 Å². The van der Waals surface area contributed by atoms with Crippen LogP contribution in [0.15, 0.2) is 112 Å². The Kier molecular flexibility index (Phi) is 5.29. The molecule has 0 radical (unpaired) electrons. The van der Waals surface area contributed by atoms with Gasteiger partial charge in [-0.2, -0.15) is 0 Å². The first-order chi connectivity index (χ1) is 15.3. The molecule has 2 aromatic heterocycles. The van der Waals surface area contributed by atoms with Crippen LogP contribution in [0, 0.1) is 0 Å². The molecule has 2 aromatic carbocycles. The number of hydrogen-bond acceptors (Lipinski definition) is 4. The highest BCUT2D eigenvalue weighted by molar-refractivity contribution is 8.18. The van der Waals surface area contributed by atoms with Gasteiger partial charge in [0.1, 0.15) is 5.76 Å².